The van der Waals surface area contributed by atoms with Crippen molar-refractivity contribution in [1.82, 2.24) is 10.2 Å². The second kappa shape index (κ2) is 10.8. The van der Waals surface area contributed by atoms with E-state index < -0.39 is 5.97 Å². The molecule has 3 N–H and O–H groups in total. The minimum absolute atomic E-state index is 0.0823. The predicted octanol–water partition coefficient (Wildman–Crippen LogP) is 1.05. The second-order valence-corrected chi connectivity index (χ2v) is 4.09. The molecule has 0 aliphatic rings. The monoisotopic (exact) mass is 260 g/mol. The number of carboxylic acids is 1. The molecule has 0 aromatic carbocycles. The van der Waals surface area contributed by atoms with Crippen LogP contribution >= 0.6 is 0 Å². The normalized spacial score (nSPS) is 10.1. The second-order valence-electron chi connectivity index (χ2n) is 4.09. The third-order valence-electron chi connectivity index (χ3n) is 2.60. The molecule has 0 saturated carbocycles. The summed E-state index contributed by atoms with van der Waals surface area (Å²) in [5.41, 5.74) is 0. The first-order chi connectivity index (χ1) is 8.61. The standard InChI is InChI=1S/C12H24N2O4/c1-2-14(9-6-10-15)12(18)13-8-5-3-4-7-11(16)17/h15H,2-10H2,1H3,(H,13,18)(H,16,17). The Morgan fingerprint density at radius 1 is 1.17 bits per heavy atom. The summed E-state index contributed by atoms with van der Waals surface area (Å²) in [6.07, 6.45) is 3.00. The number of nitrogens with one attached hydrogen (secondary N) is 1. The molecule has 0 aliphatic heterocycles. The molecule has 2 amide bonds. The molecule has 0 radical (unpaired) electrons. The maximum Gasteiger partial charge on any atom is 0.317 e. The van der Waals surface area contributed by atoms with Gasteiger partial charge in [0.2, 0.25) is 0 Å². The Bertz CT molecular complexity index is 246. The highest BCUT2D eigenvalue weighted by Gasteiger charge is 2.09. The number of hydrogen-bond acceptors (Lipinski definition) is 3. The number of carbonyl (C=O) groups excluding carboxylic acids is 1. The van der Waals surface area contributed by atoms with Crippen molar-refractivity contribution in [3.63, 3.8) is 0 Å². The number of aliphatic hydroxyl groups is 1. The quantitative estimate of drug-likeness (QED) is 0.512. The zero-order chi connectivity index (χ0) is 13.8. The maximum atomic E-state index is 11.7. The van der Waals surface area contributed by atoms with Crippen LogP contribution in [0.4, 0.5) is 4.79 Å². The molecule has 0 spiro atoms. The molecule has 18 heavy (non-hydrogen) atoms. The van der Waals surface area contributed by atoms with Crippen LogP contribution in [0.25, 0.3) is 0 Å². The van der Waals surface area contributed by atoms with Crippen LogP contribution in [-0.4, -0.2) is 53.4 Å². The molecule has 0 aromatic heterocycles. The lowest BCUT2D eigenvalue weighted by atomic mass is 10.2. The van der Waals surface area contributed by atoms with E-state index >= 15 is 0 Å². The molecule has 0 unspecified atom stereocenters. The van der Waals surface area contributed by atoms with Gasteiger partial charge in [-0.25, -0.2) is 4.79 Å². The molecule has 6 heteroatoms. The largest absolute Gasteiger partial charge is 0.481 e. The molecule has 0 aromatic rings. The fourth-order valence-corrected chi connectivity index (χ4v) is 1.55. The number of aliphatic hydroxyl groups excluding tert-OH is 1. The van der Waals surface area contributed by atoms with Crippen molar-refractivity contribution in [1.29, 1.82) is 0 Å². The van der Waals surface area contributed by atoms with Gasteiger partial charge >= 0.3 is 12.0 Å². The van der Waals surface area contributed by atoms with Gasteiger partial charge in [-0.3, -0.25) is 4.79 Å². The predicted molar refractivity (Wildman–Crippen MR) is 68.5 cm³/mol. The highest BCUT2D eigenvalue weighted by atomic mass is 16.4. The van der Waals surface area contributed by atoms with E-state index in [9.17, 15) is 9.59 Å². The van der Waals surface area contributed by atoms with Gasteiger partial charge in [0, 0.05) is 32.7 Å². The van der Waals surface area contributed by atoms with E-state index in [1.165, 1.54) is 0 Å². The summed E-state index contributed by atoms with van der Waals surface area (Å²) in [5.74, 6) is -0.778. The number of rotatable bonds is 10. The lowest BCUT2D eigenvalue weighted by Gasteiger charge is -2.20. The Hall–Kier alpha value is -1.30. The van der Waals surface area contributed by atoms with Crippen LogP contribution in [0.3, 0.4) is 0 Å². The summed E-state index contributed by atoms with van der Waals surface area (Å²) in [6, 6.07) is -0.121. The minimum atomic E-state index is -0.778. The van der Waals surface area contributed by atoms with Gasteiger partial charge in [0.05, 0.1) is 0 Å². The van der Waals surface area contributed by atoms with Crippen molar-refractivity contribution in [3.8, 4) is 0 Å². The number of amides is 2. The van der Waals surface area contributed by atoms with E-state index in [2.05, 4.69) is 5.32 Å². The van der Waals surface area contributed by atoms with E-state index in [4.69, 9.17) is 10.2 Å². The van der Waals surface area contributed by atoms with Gasteiger partial charge in [-0.2, -0.15) is 0 Å². The van der Waals surface area contributed by atoms with Crippen molar-refractivity contribution in [3.05, 3.63) is 0 Å². The molecule has 0 rings (SSSR count). The summed E-state index contributed by atoms with van der Waals surface area (Å²) in [6.45, 7) is 3.71. The van der Waals surface area contributed by atoms with Crippen LogP contribution in [0, 0.1) is 0 Å². The Kier molecular flexibility index (Phi) is 10.0. The highest BCUT2D eigenvalue weighted by Crippen LogP contribution is 1.99. The molecule has 0 aliphatic carbocycles. The first-order valence-corrected chi connectivity index (χ1v) is 6.47. The van der Waals surface area contributed by atoms with Crippen LogP contribution in [-0.2, 0) is 4.79 Å². The zero-order valence-corrected chi connectivity index (χ0v) is 11.0. The lowest BCUT2D eigenvalue weighted by molar-refractivity contribution is -0.137. The Morgan fingerprint density at radius 2 is 1.89 bits per heavy atom. The molecular weight excluding hydrogens is 236 g/mol. The van der Waals surface area contributed by atoms with Gasteiger partial charge in [-0.15, -0.1) is 0 Å². The molecular formula is C12H24N2O4. The van der Waals surface area contributed by atoms with Crippen LogP contribution in [0.1, 0.15) is 39.0 Å². The van der Waals surface area contributed by atoms with E-state index in [-0.39, 0.29) is 19.1 Å². The van der Waals surface area contributed by atoms with Gasteiger partial charge < -0.3 is 20.4 Å². The van der Waals surface area contributed by atoms with Crippen molar-refractivity contribution >= 4 is 12.0 Å². The van der Waals surface area contributed by atoms with Crippen molar-refractivity contribution in [2.75, 3.05) is 26.2 Å². The number of carbonyl (C=O) groups is 2. The number of urea groups is 1. The summed E-state index contributed by atoms with van der Waals surface area (Å²) in [4.78, 5) is 23.6. The first-order valence-electron chi connectivity index (χ1n) is 6.47. The number of unbranched alkanes of at least 4 members (excludes halogenated alkanes) is 2. The fourth-order valence-electron chi connectivity index (χ4n) is 1.55. The molecule has 0 heterocycles. The average molecular weight is 260 g/mol. The third kappa shape index (κ3) is 8.81. The molecule has 0 fully saturated rings. The first kappa shape index (κ1) is 16.7. The molecule has 0 bridgehead atoms. The summed E-state index contributed by atoms with van der Waals surface area (Å²) in [7, 11) is 0. The number of hydrogen-bond donors (Lipinski definition) is 3. The van der Waals surface area contributed by atoms with E-state index in [1.807, 2.05) is 6.92 Å². The Balaban J connectivity index is 3.58. The van der Waals surface area contributed by atoms with Gasteiger partial charge in [0.1, 0.15) is 0 Å². The molecule has 106 valence electrons. The zero-order valence-electron chi connectivity index (χ0n) is 11.0. The van der Waals surface area contributed by atoms with Gasteiger partial charge in [0.15, 0.2) is 0 Å². The Morgan fingerprint density at radius 3 is 2.44 bits per heavy atom. The van der Waals surface area contributed by atoms with Crippen LogP contribution < -0.4 is 5.32 Å². The molecule has 0 atom stereocenters. The summed E-state index contributed by atoms with van der Waals surface area (Å²) < 4.78 is 0. The van der Waals surface area contributed by atoms with E-state index in [1.54, 1.807) is 4.90 Å². The summed E-state index contributed by atoms with van der Waals surface area (Å²) >= 11 is 0. The molecule has 0 saturated heterocycles. The Labute approximate surface area is 108 Å². The van der Waals surface area contributed by atoms with Crippen molar-refractivity contribution in [2.45, 2.75) is 39.0 Å². The number of aliphatic carboxylic acids is 1. The smallest absolute Gasteiger partial charge is 0.317 e. The highest BCUT2D eigenvalue weighted by molar-refractivity contribution is 5.74. The van der Waals surface area contributed by atoms with Crippen molar-refractivity contribution in [2.24, 2.45) is 0 Å². The average Bonchev–Trinajstić information content (AvgIpc) is 2.34. The topological polar surface area (TPSA) is 89.9 Å². The van der Waals surface area contributed by atoms with Crippen LogP contribution in [0.5, 0.6) is 0 Å². The minimum Gasteiger partial charge on any atom is -0.481 e. The van der Waals surface area contributed by atoms with Crippen molar-refractivity contribution < 1.29 is 19.8 Å². The number of carboxylic acid groups (broad SMARTS) is 1. The SMILES string of the molecule is CCN(CCCO)C(=O)NCCCCCC(=O)O. The van der Waals surface area contributed by atoms with Gasteiger partial charge in [0.25, 0.3) is 0 Å². The van der Waals surface area contributed by atoms with Gasteiger partial charge in [-0.05, 0) is 26.2 Å². The van der Waals surface area contributed by atoms with E-state index in [0.717, 1.165) is 12.8 Å². The van der Waals surface area contributed by atoms with E-state index in [0.29, 0.717) is 32.5 Å². The van der Waals surface area contributed by atoms with Crippen LogP contribution in [0.15, 0.2) is 0 Å². The van der Waals surface area contributed by atoms with Crippen LogP contribution in [0.2, 0.25) is 0 Å². The van der Waals surface area contributed by atoms with Gasteiger partial charge in [-0.1, -0.05) is 6.42 Å². The molecule has 6 nitrogen and oxygen atoms in total. The maximum absolute atomic E-state index is 11.7. The summed E-state index contributed by atoms with van der Waals surface area (Å²) in [5, 5.41) is 19.9. The lowest BCUT2D eigenvalue weighted by Crippen LogP contribution is -2.41. The third-order valence-corrected chi connectivity index (χ3v) is 2.60. The fraction of sp³-hybridized carbons (Fsp3) is 0.833. The number of nitrogens with zero attached hydrogens (tertiary/aromatic N) is 1.